The molecule has 2 heteroatoms. The first-order valence-electron chi connectivity index (χ1n) is 6.76. The average Bonchev–Trinajstić information content (AvgIpc) is 2.32. The highest BCUT2D eigenvalue weighted by atomic mass is 16.5. The van der Waals surface area contributed by atoms with E-state index in [2.05, 4.69) is 0 Å². The molecule has 0 saturated carbocycles. The minimum atomic E-state index is -0.280. The molecule has 2 aromatic rings. The van der Waals surface area contributed by atoms with E-state index in [0.717, 1.165) is 27.8 Å². The number of carbonyl (C=O) groups is 1. The number of rotatable bonds is 2. The summed E-state index contributed by atoms with van der Waals surface area (Å²) in [4.78, 5) is 12.4. The van der Waals surface area contributed by atoms with Crippen LogP contribution in [0.1, 0.15) is 38.2 Å². The van der Waals surface area contributed by atoms with E-state index in [1.807, 2.05) is 65.0 Å². The number of para-hydroxylation sites is 1. The summed E-state index contributed by atoms with van der Waals surface area (Å²) in [5, 5.41) is 0. The van der Waals surface area contributed by atoms with Crippen LogP contribution >= 0.6 is 0 Å². The largest absolute Gasteiger partial charge is 0.422 e. The van der Waals surface area contributed by atoms with Crippen LogP contribution in [-0.4, -0.2) is 5.97 Å². The molecule has 2 aromatic carbocycles. The van der Waals surface area contributed by atoms with E-state index >= 15 is 0 Å². The Balaban J connectivity index is 2.39. The summed E-state index contributed by atoms with van der Waals surface area (Å²) >= 11 is 0. The molecule has 0 bridgehead atoms. The van der Waals surface area contributed by atoms with Gasteiger partial charge >= 0.3 is 5.97 Å². The van der Waals surface area contributed by atoms with Crippen LogP contribution in [0.4, 0.5) is 0 Å². The van der Waals surface area contributed by atoms with Gasteiger partial charge in [0.2, 0.25) is 0 Å². The summed E-state index contributed by atoms with van der Waals surface area (Å²) in [6.07, 6.45) is 0. The lowest BCUT2D eigenvalue weighted by molar-refractivity contribution is 0.0731. The van der Waals surface area contributed by atoms with E-state index in [9.17, 15) is 4.79 Å². The molecule has 104 valence electrons. The van der Waals surface area contributed by atoms with Crippen LogP contribution in [0, 0.1) is 34.6 Å². The molecule has 0 N–H and O–H groups in total. The number of carbonyl (C=O) groups excluding carboxylic acids is 1. The lowest BCUT2D eigenvalue weighted by atomic mass is 10.00. The maximum atomic E-state index is 12.4. The molecule has 0 saturated heterocycles. The van der Waals surface area contributed by atoms with Crippen LogP contribution in [0.15, 0.2) is 30.3 Å². The van der Waals surface area contributed by atoms with Gasteiger partial charge in [0, 0.05) is 0 Å². The Bertz CT molecular complexity index is 626. The standard InChI is InChI=1S/C18H20O2/c1-11-9-14(4)16(15(5)10-11)18(19)20-17-12(2)7-6-8-13(17)3/h6-10H,1-5H3. The van der Waals surface area contributed by atoms with Gasteiger partial charge in [0.1, 0.15) is 5.75 Å². The van der Waals surface area contributed by atoms with Crippen LogP contribution < -0.4 is 4.74 Å². The normalized spacial score (nSPS) is 10.4. The third-order valence-electron chi connectivity index (χ3n) is 3.48. The second-order valence-electron chi connectivity index (χ2n) is 5.38. The zero-order valence-electron chi connectivity index (χ0n) is 12.7. The first kappa shape index (κ1) is 14.3. The zero-order valence-corrected chi connectivity index (χ0v) is 12.7. The van der Waals surface area contributed by atoms with Crippen molar-refractivity contribution in [1.29, 1.82) is 0 Å². The predicted molar refractivity (Wildman–Crippen MR) is 81.5 cm³/mol. The minimum Gasteiger partial charge on any atom is -0.422 e. The Morgan fingerprint density at radius 2 is 1.35 bits per heavy atom. The molecule has 0 fully saturated rings. The highest BCUT2D eigenvalue weighted by molar-refractivity contribution is 5.94. The minimum absolute atomic E-state index is 0.280. The Morgan fingerprint density at radius 3 is 1.85 bits per heavy atom. The first-order chi connectivity index (χ1) is 9.40. The lowest BCUT2D eigenvalue weighted by Gasteiger charge is -2.13. The number of ether oxygens (including phenoxy) is 1. The van der Waals surface area contributed by atoms with Gasteiger partial charge in [-0.05, 0) is 56.9 Å². The lowest BCUT2D eigenvalue weighted by Crippen LogP contribution is -2.13. The van der Waals surface area contributed by atoms with Gasteiger partial charge in [-0.25, -0.2) is 4.79 Å². The molecule has 20 heavy (non-hydrogen) atoms. The molecule has 0 aliphatic carbocycles. The number of benzene rings is 2. The Morgan fingerprint density at radius 1 is 0.850 bits per heavy atom. The van der Waals surface area contributed by atoms with Crippen molar-refractivity contribution < 1.29 is 9.53 Å². The van der Waals surface area contributed by atoms with Gasteiger partial charge in [-0.2, -0.15) is 0 Å². The molecule has 2 nitrogen and oxygen atoms in total. The Kier molecular flexibility index (Phi) is 3.93. The molecule has 2 rings (SSSR count). The van der Waals surface area contributed by atoms with Gasteiger partial charge in [-0.3, -0.25) is 0 Å². The molecule has 0 amide bonds. The average molecular weight is 268 g/mol. The third-order valence-corrected chi connectivity index (χ3v) is 3.48. The Hall–Kier alpha value is -2.09. The SMILES string of the molecule is Cc1cc(C)c(C(=O)Oc2c(C)cccc2C)c(C)c1. The molecule has 0 spiro atoms. The number of aryl methyl sites for hydroxylation is 5. The molecular weight excluding hydrogens is 248 g/mol. The van der Waals surface area contributed by atoms with Crippen molar-refractivity contribution in [2.24, 2.45) is 0 Å². The van der Waals surface area contributed by atoms with E-state index in [1.54, 1.807) is 0 Å². The van der Waals surface area contributed by atoms with Crippen molar-refractivity contribution in [1.82, 2.24) is 0 Å². The summed E-state index contributed by atoms with van der Waals surface area (Å²) < 4.78 is 5.62. The maximum absolute atomic E-state index is 12.4. The summed E-state index contributed by atoms with van der Waals surface area (Å²) in [6, 6.07) is 9.88. The monoisotopic (exact) mass is 268 g/mol. The molecule has 0 aliphatic heterocycles. The van der Waals surface area contributed by atoms with E-state index in [1.165, 1.54) is 0 Å². The smallest absolute Gasteiger partial charge is 0.344 e. The van der Waals surface area contributed by atoms with Gasteiger partial charge in [0.05, 0.1) is 5.56 Å². The molecular formula is C18H20O2. The molecule has 0 radical (unpaired) electrons. The summed E-state index contributed by atoms with van der Waals surface area (Å²) in [5.41, 5.74) is 5.68. The number of hydrogen-bond acceptors (Lipinski definition) is 2. The second-order valence-corrected chi connectivity index (χ2v) is 5.38. The van der Waals surface area contributed by atoms with Crippen molar-refractivity contribution >= 4 is 5.97 Å². The zero-order chi connectivity index (χ0) is 14.9. The molecule has 0 aromatic heterocycles. The van der Waals surface area contributed by atoms with E-state index < -0.39 is 0 Å². The highest BCUT2D eigenvalue weighted by Gasteiger charge is 2.17. The fourth-order valence-corrected chi connectivity index (χ4v) is 2.61. The van der Waals surface area contributed by atoms with Crippen molar-refractivity contribution in [3.63, 3.8) is 0 Å². The third kappa shape index (κ3) is 2.74. The van der Waals surface area contributed by atoms with Crippen molar-refractivity contribution in [2.45, 2.75) is 34.6 Å². The predicted octanol–water partition coefficient (Wildman–Crippen LogP) is 4.45. The molecule has 0 atom stereocenters. The summed E-state index contributed by atoms with van der Waals surface area (Å²) in [7, 11) is 0. The van der Waals surface area contributed by atoms with E-state index in [-0.39, 0.29) is 5.97 Å². The van der Waals surface area contributed by atoms with Crippen molar-refractivity contribution in [3.8, 4) is 5.75 Å². The quantitative estimate of drug-likeness (QED) is 0.594. The van der Waals surface area contributed by atoms with Crippen LogP contribution in [0.5, 0.6) is 5.75 Å². The molecule has 0 unspecified atom stereocenters. The van der Waals surface area contributed by atoms with Gasteiger partial charge in [0.15, 0.2) is 0 Å². The highest BCUT2D eigenvalue weighted by Crippen LogP contribution is 2.25. The van der Waals surface area contributed by atoms with E-state index in [4.69, 9.17) is 4.74 Å². The molecule has 0 heterocycles. The van der Waals surface area contributed by atoms with Gasteiger partial charge < -0.3 is 4.74 Å². The maximum Gasteiger partial charge on any atom is 0.344 e. The van der Waals surface area contributed by atoms with Crippen molar-refractivity contribution in [3.05, 3.63) is 63.7 Å². The van der Waals surface area contributed by atoms with Gasteiger partial charge in [-0.15, -0.1) is 0 Å². The van der Waals surface area contributed by atoms with Crippen LogP contribution in [0.3, 0.4) is 0 Å². The second kappa shape index (κ2) is 5.49. The fraction of sp³-hybridized carbons (Fsp3) is 0.278. The van der Waals surface area contributed by atoms with Gasteiger partial charge in [0.25, 0.3) is 0 Å². The van der Waals surface area contributed by atoms with Crippen LogP contribution in [0.2, 0.25) is 0 Å². The molecule has 0 aliphatic rings. The first-order valence-corrected chi connectivity index (χ1v) is 6.76. The van der Waals surface area contributed by atoms with Crippen LogP contribution in [-0.2, 0) is 0 Å². The van der Waals surface area contributed by atoms with E-state index in [0.29, 0.717) is 11.3 Å². The van der Waals surface area contributed by atoms with Gasteiger partial charge in [-0.1, -0.05) is 35.9 Å². The summed E-state index contributed by atoms with van der Waals surface area (Å²) in [5.74, 6) is 0.384. The number of hydrogen-bond donors (Lipinski definition) is 0. The topological polar surface area (TPSA) is 26.3 Å². The van der Waals surface area contributed by atoms with Crippen LogP contribution in [0.25, 0.3) is 0 Å². The Labute approximate surface area is 120 Å². The van der Waals surface area contributed by atoms with Crippen molar-refractivity contribution in [2.75, 3.05) is 0 Å². The number of esters is 1. The fourth-order valence-electron chi connectivity index (χ4n) is 2.61. The summed E-state index contributed by atoms with van der Waals surface area (Å²) in [6.45, 7) is 9.82.